The Labute approximate surface area is 95.8 Å². The zero-order valence-electron chi connectivity index (χ0n) is 7.78. The molecule has 0 bridgehead atoms. The minimum Gasteiger partial charge on any atom is -0.366 e. The zero-order chi connectivity index (χ0) is 11.0. The van der Waals surface area contributed by atoms with E-state index in [1.54, 1.807) is 12.1 Å². The Balaban J connectivity index is 2.64. The molecule has 0 aliphatic carbocycles. The van der Waals surface area contributed by atoms with Gasteiger partial charge in [-0.2, -0.15) is 4.68 Å². The van der Waals surface area contributed by atoms with Crippen molar-refractivity contribution in [3.63, 3.8) is 0 Å². The monoisotopic (exact) mass is 243 g/mol. The Morgan fingerprint density at radius 1 is 1.27 bits per heavy atom. The number of nitrogens with two attached hydrogens (primary N) is 1. The summed E-state index contributed by atoms with van der Waals surface area (Å²) in [5.74, 6) is 0.164. The van der Waals surface area contributed by atoms with Gasteiger partial charge in [-0.1, -0.05) is 28.3 Å². The molecule has 2 rings (SSSR count). The van der Waals surface area contributed by atoms with Crippen molar-refractivity contribution in [3.8, 4) is 5.69 Å². The average Bonchev–Trinajstić information content (AvgIpc) is 2.58. The summed E-state index contributed by atoms with van der Waals surface area (Å²) in [4.78, 5) is 0. The number of hydrogen-bond acceptors (Lipinski definition) is 4. The Morgan fingerprint density at radius 3 is 2.60 bits per heavy atom. The second kappa shape index (κ2) is 3.67. The van der Waals surface area contributed by atoms with Gasteiger partial charge in [-0.05, 0) is 35.0 Å². The second-order valence-corrected chi connectivity index (χ2v) is 3.82. The summed E-state index contributed by atoms with van der Waals surface area (Å²) < 4.78 is 1.33. The van der Waals surface area contributed by atoms with Gasteiger partial charge in [0.15, 0.2) is 0 Å². The number of aromatic nitrogens is 4. The summed E-state index contributed by atoms with van der Waals surface area (Å²) in [5, 5.41) is 11.8. The van der Waals surface area contributed by atoms with Gasteiger partial charge >= 0.3 is 0 Å². The number of benzene rings is 1. The molecular weight excluding hydrogens is 237 g/mol. The summed E-state index contributed by atoms with van der Waals surface area (Å²) in [6.45, 7) is 1.86. The number of hydrogen-bond donors (Lipinski definition) is 1. The third-order valence-electron chi connectivity index (χ3n) is 1.95. The van der Waals surface area contributed by atoms with Crippen LogP contribution in [-0.2, 0) is 0 Å². The summed E-state index contributed by atoms with van der Waals surface area (Å²) in [7, 11) is 0. The fraction of sp³-hybridized carbons (Fsp3) is 0.125. The number of aryl methyl sites for hydroxylation is 1. The van der Waals surface area contributed by atoms with Gasteiger partial charge in [0, 0.05) is 5.02 Å². The molecule has 1 aromatic heterocycles. The van der Waals surface area contributed by atoms with Crippen molar-refractivity contribution in [2.75, 3.05) is 5.73 Å². The Morgan fingerprint density at radius 2 is 2.00 bits per heavy atom. The van der Waals surface area contributed by atoms with Crippen LogP contribution in [0.1, 0.15) is 5.56 Å². The normalized spacial score (nSPS) is 10.6. The minimum absolute atomic E-state index is 0.164. The van der Waals surface area contributed by atoms with Gasteiger partial charge in [0.05, 0.1) is 10.7 Å². The first kappa shape index (κ1) is 10.2. The summed E-state index contributed by atoms with van der Waals surface area (Å²) in [6, 6.07) is 3.41. The predicted molar refractivity (Wildman–Crippen MR) is 58.3 cm³/mol. The second-order valence-electron chi connectivity index (χ2n) is 3.00. The first-order valence-electron chi connectivity index (χ1n) is 4.09. The van der Waals surface area contributed by atoms with Crippen LogP contribution in [0, 0.1) is 6.92 Å². The van der Waals surface area contributed by atoms with E-state index in [4.69, 9.17) is 28.9 Å². The topological polar surface area (TPSA) is 69.6 Å². The number of nitrogens with zero attached hydrogens (tertiary/aromatic N) is 4. The van der Waals surface area contributed by atoms with Crippen LogP contribution in [0.15, 0.2) is 12.1 Å². The van der Waals surface area contributed by atoms with Crippen LogP contribution < -0.4 is 5.73 Å². The molecule has 0 saturated carbocycles. The molecule has 0 unspecified atom stereocenters. The SMILES string of the molecule is Cc1cc(Cl)c(-n2nnnc2N)cc1Cl. The number of halogens is 2. The third kappa shape index (κ3) is 1.75. The van der Waals surface area contributed by atoms with Gasteiger partial charge in [0.25, 0.3) is 0 Å². The van der Waals surface area contributed by atoms with E-state index in [-0.39, 0.29) is 5.95 Å². The molecule has 0 amide bonds. The van der Waals surface area contributed by atoms with E-state index >= 15 is 0 Å². The summed E-state index contributed by atoms with van der Waals surface area (Å²) >= 11 is 12.0. The summed E-state index contributed by atoms with van der Waals surface area (Å²) in [5.41, 5.74) is 7.01. The fourth-order valence-electron chi connectivity index (χ4n) is 1.16. The molecule has 5 nitrogen and oxygen atoms in total. The number of tetrazole rings is 1. The number of nitrogen functional groups attached to an aromatic ring is 1. The van der Waals surface area contributed by atoms with Crippen molar-refractivity contribution >= 4 is 29.2 Å². The molecule has 1 heterocycles. The lowest BCUT2D eigenvalue weighted by atomic mass is 10.2. The minimum atomic E-state index is 0.164. The van der Waals surface area contributed by atoms with Crippen molar-refractivity contribution in [2.24, 2.45) is 0 Å². The molecule has 0 aliphatic heterocycles. The van der Waals surface area contributed by atoms with Crippen LogP contribution in [0.3, 0.4) is 0 Å². The molecule has 0 radical (unpaired) electrons. The van der Waals surface area contributed by atoms with Crippen molar-refractivity contribution in [1.82, 2.24) is 20.2 Å². The van der Waals surface area contributed by atoms with E-state index < -0.39 is 0 Å². The molecule has 0 saturated heterocycles. The van der Waals surface area contributed by atoms with E-state index in [9.17, 15) is 0 Å². The van der Waals surface area contributed by atoms with Gasteiger partial charge < -0.3 is 5.73 Å². The molecule has 0 spiro atoms. The largest absolute Gasteiger partial charge is 0.366 e. The van der Waals surface area contributed by atoms with E-state index in [0.29, 0.717) is 15.7 Å². The highest BCUT2D eigenvalue weighted by atomic mass is 35.5. The lowest BCUT2D eigenvalue weighted by molar-refractivity contribution is 0.792. The molecule has 7 heteroatoms. The number of rotatable bonds is 1. The van der Waals surface area contributed by atoms with Crippen LogP contribution in [0.25, 0.3) is 5.69 Å². The Bertz CT molecular complexity index is 508. The smallest absolute Gasteiger partial charge is 0.245 e. The van der Waals surface area contributed by atoms with Crippen molar-refractivity contribution in [1.29, 1.82) is 0 Å². The average molecular weight is 244 g/mol. The Hall–Kier alpha value is -1.33. The van der Waals surface area contributed by atoms with E-state index in [0.717, 1.165) is 5.56 Å². The van der Waals surface area contributed by atoms with Crippen LogP contribution in [-0.4, -0.2) is 20.2 Å². The summed E-state index contributed by atoms with van der Waals surface area (Å²) in [6.07, 6.45) is 0. The van der Waals surface area contributed by atoms with Gasteiger partial charge in [0.1, 0.15) is 0 Å². The molecule has 1 aromatic carbocycles. The fourth-order valence-corrected chi connectivity index (χ4v) is 1.62. The van der Waals surface area contributed by atoms with E-state index in [2.05, 4.69) is 15.5 Å². The Kier molecular flexibility index (Phi) is 2.50. The van der Waals surface area contributed by atoms with E-state index in [1.807, 2.05) is 6.92 Å². The van der Waals surface area contributed by atoms with Gasteiger partial charge in [-0.3, -0.25) is 0 Å². The maximum atomic E-state index is 6.03. The first-order valence-corrected chi connectivity index (χ1v) is 4.85. The molecule has 2 N–H and O–H groups in total. The lowest BCUT2D eigenvalue weighted by Gasteiger charge is -2.06. The molecule has 0 fully saturated rings. The molecule has 0 atom stereocenters. The van der Waals surface area contributed by atoms with Crippen LogP contribution in [0.4, 0.5) is 5.95 Å². The predicted octanol–water partition coefficient (Wildman–Crippen LogP) is 1.86. The van der Waals surface area contributed by atoms with Crippen LogP contribution >= 0.6 is 23.2 Å². The molecule has 78 valence electrons. The third-order valence-corrected chi connectivity index (χ3v) is 2.66. The number of anilines is 1. The standard InChI is InChI=1S/C8H7Cl2N5/c1-4-2-6(10)7(3-5(4)9)15-8(11)12-13-14-15/h2-3H,1H3,(H2,11,12,14). The highest BCUT2D eigenvalue weighted by molar-refractivity contribution is 6.35. The van der Waals surface area contributed by atoms with Crippen LogP contribution in [0.5, 0.6) is 0 Å². The molecule has 2 aromatic rings. The molecule has 0 aliphatic rings. The van der Waals surface area contributed by atoms with Crippen LogP contribution in [0.2, 0.25) is 10.0 Å². The van der Waals surface area contributed by atoms with Crippen molar-refractivity contribution in [2.45, 2.75) is 6.92 Å². The van der Waals surface area contributed by atoms with Gasteiger partial charge in [-0.15, -0.1) is 0 Å². The maximum Gasteiger partial charge on any atom is 0.245 e. The highest BCUT2D eigenvalue weighted by Gasteiger charge is 2.10. The first-order chi connectivity index (χ1) is 7.09. The highest BCUT2D eigenvalue weighted by Crippen LogP contribution is 2.27. The van der Waals surface area contributed by atoms with Gasteiger partial charge in [-0.25, -0.2) is 0 Å². The molecule has 15 heavy (non-hydrogen) atoms. The maximum absolute atomic E-state index is 6.03. The quantitative estimate of drug-likeness (QED) is 0.831. The van der Waals surface area contributed by atoms with Crippen molar-refractivity contribution < 1.29 is 0 Å². The van der Waals surface area contributed by atoms with Crippen molar-refractivity contribution in [3.05, 3.63) is 27.7 Å². The lowest BCUT2D eigenvalue weighted by Crippen LogP contribution is -2.03. The van der Waals surface area contributed by atoms with Gasteiger partial charge in [0.2, 0.25) is 5.95 Å². The zero-order valence-corrected chi connectivity index (χ0v) is 9.29. The molecular formula is C8H7Cl2N5. The van der Waals surface area contributed by atoms with E-state index in [1.165, 1.54) is 4.68 Å².